The molecule has 0 radical (unpaired) electrons. The van der Waals surface area contributed by atoms with Crippen molar-refractivity contribution in [3.63, 3.8) is 0 Å². The lowest BCUT2D eigenvalue weighted by Gasteiger charge is -2.18. The van der Waals surface area contributed by atoms with Crippen LogP contribution in [0.15, 0.2) is 122 Å². The van der Waals surface area contributed by atoms with E-state index in [1.807, 2.05) is 0 Å². The number of hydrogen-bond donors (Lipinski definition) is 0. The quantitative estimate of drug-likeness (QED) is 0.0261. The Morgan fingerprint density at radius 3 is 0.787 bits per heavy atom. The lowest BCUT2D eigenvalue weighted by molar-refractivity contribution is -0.167. The first-order valence-electron chi connectivity index (χ1n) is 33.5. The highest BCUT2D eigenvalue weighted by Gasteiger charge is 2.19. The van der Waals surface area contributed by atoms with Gasteiger partial charge in [-0.25, -0.2) is 0 Å². The highest BCUT2D eigenvalue weighted by atomic mass is 16.6. The molecule has 456 valence electrons. The normalized spacial score (nSPS) is 12.9. The van der Waals surface area contributed by atoms with E-state index < -0.39 is 6.10 Å². The van der Waals surface area contributed by atoms with Crippen LogP contribution in [0.25, 0.3) is 0 Å². The summed E-state index contributed by atoms with van der Waals surface area (Å²) < 4.78 is 16.9. The Labute approximate surface area is 494 Å². The zero-order valence-electron chi connectivity index (χ0n) is 52.3. The van der Waals surface area contributed by atoms with Crippen LogP contribution in [0.2, 0.25) is 0 Å². The van der Waals surface area contributed by atoms with E-state index in [2.05, 4.69) is 142 Å². The molecule has 6 nitrogen and oxygen atoms in total. The molecule has 0 aliphatic carbocycles. The minimum Gasteiger partial charge on any atom is -0.462 e. The third-order valence-corrected chi connectivity index (χ3v) is 14.2. The van der Waals surface area contributed by atoms with Crippen LogP contribution >= 0.6 is 0 Å². The maximum atomic E-state index is 12.9. The van der Waals surface area contributed by atoms with Gasteiger partial charge in [-0.15, -0.1) is 0 Å². The topological polar surface area (TPSA) is 78.9 Å². The van der Waals surface area contributed by atoms with Crippen LogP contribution in [0.4, 0.5) is 0 Å². The standard InChI is InChI=1S/C74H124O6/c1-4-7-10-13-16-19-22-25-28-29-30-31-32-33-34-35-36-37-38-39-40-41-42-43-44-45-47-49-52-55-58-61-64-67-73(76)79-70-71(69-78-72(75)66-63-60-57-54-51-48-27-24-21-18-15-12-9-6-3)80-74(77)68-65-62-59-56-53-50-46-26-23-20-17-14-11-8-5-2/h7-8,10-11,15-20,24-28,30-31,46,53,56,71H,4-6,9,12-14,21-23,29,32-45,47-52,54-55,57-70H2,1-3H3/b10-7-,11-8-,18-15-,19-16-,20-17-,27-24-,28-25-,31-30-,46-26-,56-53-. The van der Waals surface area contributed by atoms with Crippen molar-refractivity contribution in [3.05, 3.63) is 122 Å². The second-order valence-corrected chi connectivity index (χ2v) is 22.0. The molecule has 0 rings (SSSR count). The minimum atomic E-state index is -0.807. The van der Waals surface area contributed by atoms with Crippen LogP contribution in [0.5, 0.6) is 0 Å². The number of esters is 3. The lowest BCUT2D eigenvalue weighted by Crippen LogP contribution is -2.30. The van der Waals surface area contributed by atoms with E-state index in [1.165, 1.54) is 135 Å². The number of ether oxygens (including phenoxy) is 3. The maximum Gasteiger partial charge on any atom is 0.306 e. The molecule has 0 fully saturated rings. The molecule has 0 N–H and O–H groups in total. The van der Waals surface area contributed by atoms with E-state index >= 15 is 0 Å². The fraction of sp³-hybridized carbons (Fsp3) is 0.689. The van der Waals surface area contributed by atoms with Crippen molar-refractivity contribution in [2.75, 3.05) is 13.2 Å². The Kier molecular flexibility index (Phi) is 63.8. The fourth-order valence-electron chi connectivity index (χ4n) is 9.21. The lowest BCUT2D eigenvalue weighted by atomic mass is 10.0. The summed E-state index contributed by atoms with van der Waals surface area (Å²) in [7, 11) is 0. The van der Waals surface area contributed by atoms with Crippen LogP contribution in [0, 0.1) is 0 Å². The Morgan fingerprint density at radius 1 is 0.263 bits per heavy atom. The highest BCUT2D eigenvalue weighted by Crippen LogP contribution is 2.17. The molecule has 0 heterocycles. The highest BCUT2D eigenvalue weighted by molar-refractivity contribution is 5.71. The Hall–Kier alpha value is -4.19. The molecule has 80 heavy (non-hydrogen) atoms. The summed E-state index contributed by atoms with van der Waals surface area (Å²) in [6, 6.07) is 0. The van der Waals surface area contributed by atoms with Gasteiger partial charge in [0.1, 0.15) is 13.2 Å². The van der Waals surface area contributed by atoms with Crippen molar-refractivity contribution in [2.24, 2.45) is 0 Å². The van der Waals surface area contributed by atoms with Crippen molar-refractivity contribution in [2.45, 2.75) is 316 Å². The van der Waals surface area contributed by atoms with Crippen molar-refractivity contribution < 1.29 is 28.6 Å². The van der Waals surface area contributed by atoms with E-state index in [0.29, 0.717) is 19.3 Å². The van der Waals surface area contributed by atoms with Gasteiger partial charge >= 0.3 is 17.9 Å². The SMILES string of the molecule is CC/C=C\C/C=C\C/C=C\C/C=C\CCCCCCCCCCCCCCCCCCCCCCC(=O)OCC(COC(=O)CCCCCCC/C=C\C/C=C\CCCC)OC(=O)CCCC/C=C\C/C=C\C/C=C\C/C=C\CC. The molecular weight excluding hydrogens is 985 g/mol. The number of rotatable bonds is 60. The predicted octanol–water partition coefficient (Wildman–Crippen LogP) is 23.2. The number of carbonyl (C=O) groups excluding carboxylic acids is 3. The van der Waals surface area contributed by atoms with Gasteiger partial charge in [0.05, 0.1) is 0 Å². The van der Waals surface area contributed by atoms with Crippen molar-refractivity contribution in [1.82, 2.24) is 0 Å². The molecule has 0 saturated carbocycles. The van der Waals surface area contributed by atoms with Gasteiger partial charge in [-0.05, 0) is 122 Å². The summed E-state index contributed by atoms with van der Waals surface area (Å²) in [5, 5.41) is 0. The van der Waals surface area contributed by atoms with Crippen LogP contribution in [0.1, 0.15) is 310 Å². The molecule has 1 atom stereocenters. The van der Waals surface area contributed by atoms with Crippen LogP contribution < -0.4 is 0 Å². The van der Waals surface area contributed by atoms with Crippen LogP contribution in [-0.2, 0) is 28.6 Å². The van der Waals surface area contributed by atoms with Gasteiger partial charge in [0, 0.05) is 19.3 Å². The Morgan fingerprint density at radius 2 is 0.487 bits per heavy atom. The van der Waals surface area contributed by atoms with Gasteiger partial charge in [-0.2, -0.15) is 0 Å². The van der Waals surface area contributed by atoms with E-state index in [0.717, 1.165) is 128 Å². The van der Waals surface area contributed by atoms with Crippen molar-refractivity contribution in [1.29, 1.82) is 0 Å². The summed E-state index contributed by atoms with van der Waals surface area (Å²) in [6.45, 7) is 6.34. The summed E-state index contributed by atoms with van der Waals surface area (Å²) in [4.78, 5) is 38.3. The molecule has 0 aromatic heterocycles. The van der Waals surface area contributed by atoms with Gasteiger partial charge in [0.25, 0.3) is 0 Å². The summed E-state index contributed by atoms with van der Waals surface area (Å²) >= 11 is 0. The average molecular weight is 1110 g/mol. The fourth-order valence-corrected chi connectivity index (χ4v) is 9.21. The first-order valence-corrected chi connectivity index (χ1v) is 33.5. The monoisotopic (exact) mass is 1110 g/mol. The molecule has 0 amide bonds. The summed E-state index contributed by atoms with van der Waals surface area (Å²) in [6.07, 6.45) is 93.8. The summed E-state index contributed by atoms with van der Waals surface area (Å²) in [5.41, 5.74) is 0. The molecule has 0 aliphatic heterocycles. The minimum absolute atomic E-state index is 0.0985. The van der Waals surface area contributed by atoms with Crippen molar-refractivity contribution >= 4 is 17.9 Å². The van der Waals surface area contributed by atoms with Crippen LogP contribution in [-0.4, -0.2) is 37.2 Å². The van der Waals surface area contributed by atoms with Gasteiger partial charge in [0.15, 0.2) is 6.10 Å². The number of unbranched alkanes of at least 4 members (excludes halogenated alkanes) is 29. The number of allylic oxidation sites excluding steroid dienone is 20. The van der Waals surface area contributed by atoms with E-state index in [9.17, 15) is 14.4 Å². The molecule has 0 aliphatic rings. The second kappa shape index (κ2) is 67.3. The van der Waals surface area contributed by atoms with Gasteiger partial charge in [-0.3, -0.25) is 14.4 Å². The van der Waals surface area contributed by atoms with Gasteiger partial charge in [0.2, 0.25) is 0 Å². The van der Waals surface area contributed by atoms with Crippen molar-refractivity contribution in [3.8, 4) is 0 Å². The zero-order chi connectivity index (χ0) is 57.8. The predicted molar refractivity (Wildman–Crippen MR) is 348 cm³/mol. The first kappa shape index (κ1) is 75.8. The van der Waals surface area contributed by atoms with E-state index in [1.54, 1.807) is 0 Å². The largest absolute Gasteiger partial charge is 0.462 e. The Balaban J connectivity index is 4.19. The third kappa shape index (κ3) is 64.6. The summed E-state index contributed by atoms with van der Waals surface area (Å²) in [5.74, 6) is -0.948. The maximum absolute atomic E-state index is 12.9. The van der Waals surface area contributed by atoms with Gasteiger partial charge in [-0.1, -0.05) is 290 Å². The first-order chi connectivity index (χ1) is 39.5. The van der Waals surface area contributed by atoms with E-state index in [-0.39, 0.29) is 37.5 Å². The third-order valence-electron chi connectivity index (χ3n) is 14.2. The molecule has 1 unspecified atom stereocenters. The molecular formula is C74H124O6. The van der Waals surface area contributed by atoms with E-state index in [4.69, 9.17) is 14.2 Å². The smallest absolute Gasteiger partial charge is 0.306 e. The number of hydrogen-bond acceptors (Lipinski definition) is 6. The molecule has 6 heteroatoms. The molecule has 0 spiro atoms. The molecule has 0 saturated heterocycles. The molecule has 0 aromatic carbocycles. The number of carbonyl (C=O) groups is 3. The molecule has 0 bridgehead atoms. The van der Waals surface area contributed by atoms with Gasteiger partial charge < -0.3 is 14.2 Å². The Bertz CT molecular complexity index is 1650. The van der Waals surface area contributed by atoms with Crippen LogP contribution in [0.3, 0.4) is 0 Å². The molecule has 0 aromatic rings. The second-order valence-electron chi connectivity index (χ2n) is 22.0. The average Bonchev–Trinajstić information content (AvgIpc) is 3.46. The zero-order valence-corrected chi connectivity index (χ0v) is 52.3.